The molecule has 40 heavy (non-hydrogen) atoms. The predicted molar refractivity (Wildman–Crippen MR) is 174 cm³/mol. The van der Waals surface area contributed by atoms with E-state index in [9.17, 15) is 0 Å². The van der Waals surface area contributed by atoms with E-state index in [-0.39, 0.29) is 6.71 Å². The maximum Gasteiger partial charge on any atom is 0.247 e. The number of benzene rings is 8. The second-order valence-electron chi connectivity index (χ2n) is 12.2. The molecule has 11 rings (SSSR count). The molecule has 0 atom stereocenters. The number of aryl methyl sites for hydroxylation is 2. The van der Waals surface area contributed by atoms with Gasteiger partial charge >= 0.3 is 0 Å². The molecule has 0 radical (unpaired) electrons. The van der Waals surface area contributed by atoms with Gasteiger partial charge in [0.05, 0.1) is 5.69 Å². The van der Waals surface area contributed by atoms with Crippen molar-refractivity contribution >= 4 is 105 Å². The average Bonchev–Trinajstić information content (AvgIpc) is 2.98. The van der Waals surface area contributed by atoms with Crippen molar-refractivity contribution in [3.05, 3.63) is 108 Å². The highest BCUT2D eigenvalue weighted by Crippen LogP contribution is 2.59. The van der Waals surface area contributed by atoms with Crippen LogP contribution in [0.25, 0.3) is 64.6 Å². The van der Waals surface area contributed by atoms with Gasteiger partial charge in [0.25, 0.3) is 0 Å². The standard InChI is InChI=1S/C38H22BN/c1-19-4-3-5-20(2)35(19)39-27-16-14-23-8-6-21-10-12-25-18-26-13-11-22-7-9-24-15-17-28(39)37-32(24)30(22)34(26)38-33(25)29(21)31(23)36(27)40(37)38/h3-18H,1-2H3. The zero-order chi connectivity index (χ0) is 26.0. The van der Waals surface area contributed by atoms with Gasteiger partial charge in [0.1, 0.15) is 0 Å². The van der Waals surface area contributed by atoms with Crippen molar-refractivity contribution in [2.75, 3.05) is 4.90 Å². The summed E-state index contributed by atoms with van der Waals surface area (Å²) in [5, 5.41) is 16.5. The van der Waals surface area contributed by atoms with Crippen LogP contribution < -0.4 is 21.3 Å². The predicted octanol–water partition coefficient (Wildman–Crippen LogP) is 8.15. The Morgan fingerprint density at radius 1 is 0.425 bits per heavy atom. The zero-order valence-corrected chi connectivity index (χ0v) is 22.3. The van der Waals surface area contributed by atoms with Gasteiger partial charge < -0.3 is 4.90 Å². The van der Waals surface area contributed by atoms with Crippen LogP contribution in [0.2, 0.25) is 0 Å². The Hall–Kier alpha value is -4.82. The van der Waals surface area contributed by atoms with Gasteiger partial charge in [0.2, 0.25) is 6.71 Å². The molecule has 0 spiro atoms. The summed E-state index contributed by atoms with van der Waals surface area (Å²) in [4.78, 5) is 2.70. The van der Waals surface area contributed by atoms with Crippen molar-refractivity contribution in [2.24, 2.45) is 0 Å². The maximum atomic E-state index is 2.70. The molecule has 3 heterocycles. The first-order valence-corrected chi connectivity index (χ1v) is 14.3. The largest absolute Gasteiger partial charge is 0.309 e. The van der Waals surface area contributed by atoms with E-state index in [0.717, 1.165) is 0 Å². The lowest BCUT2D eigenvalue weighted by Crippen LogP contribution is -2.59. The molecule has 0 N–H and O–H groups in total. The summed E-state index contributed by atoms with van der Waals surface area (Å²) in [7, 11) is 0. The number of rotatable bonds is 1. The third-order valence-electron chi connectivity index (χ3n) is 10.3. The Labute approximate surface area is 231 Å². The van der Waals surface area contributed by atoms with Crippen LogP contribution in [0.4, 0.5) is 17.1 Å². The van der Waals surface area contributed by atoms with Crippen LogP contribution in [0.15, 0.2) is 97.1 Å². The second kappa shape index (κ2) is 6.32. The molecule has 3 aliphatic heterocycles. The number of hydrogen-bond acceptors (Lipinski definition) is 1. The molecule has 0 unspecified atom stereocenters. The van der Waals surface area contributed by atoms with E-state index in [1.165, 1.54) is 109 Å². The van der Waals surface area contributed by atoms with Gasteiger partial charge in [-0.1, -0.05) is 108 Å². The molecule has 0 saturated carbocycles. The molecule has 2 heteroatoms. The normalized spacial score (nSPS) is 14.2. The Balaban J connectivity index is 1.53. The van der Waals surface area contributed by atoms with Crippen molar-refractivity contribution < 1.29 is 0 Å². The molecular formula is C38H22BN. The van der Waals surface area contributed by atoms with Gasteiger partial charge in [0, 0.05) is 43.7 Å². The zero-order valence-electron chi connectivity index (χ0n) is 22.3. The Bertz CT molecular complexity index is 2400. The van der Waals surface area contributed by atoms with Crippen LogP contribution in [-0.2, 0) is 0 Å². The minimum atomic E-state index is 0.187. The first kappa shape index (κ1) is 20.1. The van der Waals surface area contributed by atoms with E-state index in [4.69, 9.17) is 0 Å². The summed E-state index contributed by atoms with van der Waals surface area (Å²) >= 11 is 0. The molecule has 0 aliphatic carbocycles. The summed E-state index contributed by atoms with van der Waals surface area (Å²) in [6.07, 6.45) is 0. The third kappa shape index (κ3) is 2.00. The van der Waals surface area contributed by atoms with Gasteiger partial charge in [-0.2, -0.15) is 0 Å². The highest BCUT2D eigenvalue weighted by molar-refractivity contribution is 6.99. The second-order valence-corrected chi connectivity index (χ2v) is 12.2. The highest BCUT2D eigenvalue weighted by Gasteiger charge is 2.43. The van der Waals surface area contributed by atoms with E-state index in [2.05, 4.69) is 116 Å². The summed E-state index contributed by atoms with van der Waals surface area (Å²) in [6.45, 7) is 4.77. The number of hydrogen-bond donors (Lipinski definition) is 0. The van der Waals surface area contributed by atoms with Gasteiger partial charge in [-0.25, -0.2) is 0 Å². The fraction of sp³-hybridized carbons (Fsp3) is 0.0526. The van der Waals surface area contributed by atoms with Crippen molar-refractivity contribution in [1.29, 1.82) is 0 Å². The van der Waals surface area contributed by atoms with Crippen LogP contribution in [0.1, 0.15) is 11.1 Å². The molecule has 0 amide bonds. The minimum absolute atomic E-state index is 0.187. The monoisotopic (exact) mass is 503 g/mol. The highest BCUT2D eigenvalue weighted by atomic mass is 15.2. The molecule has 0 fully saturated rings. The maximum absolute atomic E-state index is 2.70. The van der Waals surface area contributed by atoms with E-state index < -0.39 is 0 Å². The van der Waals surface area contributed by atoms with Crippen LogP contribution in [0.3, 0.4) is 0 Å². The third-order valence-corrected chi connectivity index (χ3v) is 10.3. The Morgan fingerprint density at radius 2 is 0.825 bits per heavy atom. The van der Waals surface area contributed by atoms with Crippen molar-refractivity contribution in [3.63, 3.8) is 0 Å². The van der Waals surface area contributed by atoms with Gasteiger partial charge in [0.15, 0.2) is 0 Å². The Kier molecular flexibility index (Phi) is 3.18. The summed E-state index contributed by atoms with van der Waals surface area (Å²) < 4.78 is 0. The molecule has 8 aromatic carbocycles. The van der Waals surface area contributed by atoms with Crippen molar-refractivity contribution in [2.45, 2.75) is 13.8 Å². The fourth-order valence-electron chi connectivity index (χ4n) is 8.81. The molecule has 0 saturated heterocycles. The van der Waals surface area contributed by atoms with Crippen molar-refractivity contribution in [3.8, 4) is 0 Å². The minimum Gasteiger partial charge on any atom is -0.309 e. The van der Waals surface area contributed by atoms with Gasteiger partial charge in [-0.15, -0.1) is 0 Å². The molecule has 1 nitrogen and oxygen atoms in total. The molecule has 3 aliphatic rings. The SMILES string of the molecule is Cc1cccc(C)c1B1c2ccc3ccc4ccc5cc6ccc7ccc8ccc1c1c8c7c6c6c5c4c3c2N16. The van der Waals surface area contributed by atoms with Gasteiger partial charge in [-0.3, -0.25) is 0 Å². The van der Waals surface area contributed by atoms with Crippen LogP contribution in [-0.4, -0.2) is 6.71 Å². The lowest BCUT2D eigenvalue weighted by atomic mass is 9.33. The number of anilines is 3. The topological polar surface area (TPSA) is 3.24 Å². The van der Waals surface area contributed by atoms with Crippen LogP contribution in [0.5, 0.6) is 0 Å². The number of nitrogens with zero attached hydrogens (tertiary/aromatic N) is 1. The Morgan fingerprint density at radius 3 is 1.32 bits per heavy atom. The molecule has 8 aromatic rings. The van der Waals surface area contributed by atoms with E-state index in [0.29, 0.717) is 0 Å². The van der Waals surface area contributed by atoms with Crippen molar-refractivity contribution in [1.82, 2.24) is 0 Å². The lowest BCUT2D eigenvalue weighted by molar-refractivity contribution is 1.34. The van der Waals surface area contributed by atoms with Crippen LogP contribution in [0, 0.1) is 13.8 Å². The van der Waals surface area contributed by atoms with Crippen LogP contribution >= 0.6 is 0 Å². The summed E-state index contributed by atoms with van der Waals surface area (Å²) in [5.74, 6) is 0. The molecule has 0 bridgehead atoms. The summed E-state index contributed by atoms with van der Waals surface area (Å²) in [6, 6.07) is 37.5. The smallest absolute Gasteiger partial charge is 0.247 e. The molecule has 182 valence electrons. The quantitative estimate of drug-likeness (QED) is 0.124. The molecule has 0 aromatic heterocycles. The van der Waals surface area contributed by atoms with Gasteiger partial charge in [-0.05, 0) is 63.2 Å². The average molecular weight is 503 g/mol. The first-order valence-electron chi connectivity index (χ1n) is 14.3. The lowest BCUT2D eigenvalue weighted by Gasteiger charge is -2.44. The van der Waals surface area contributed by atoms with E-state index in [1.54, 1.807) is 0 Å². The van der Waals surface area contributed by atoms with E-state index >= 15 is 0 Å². The fourth-order valence-corrected chi connectivity index (χ4v) is 8.81. The molecular weight excluding hydrogens is 481 g/mol. The summed E-state index contributed by atoms with van der Waals surface area (Å²) in [5.41, 5.74) is 11.2. The van der Waals surface area contributed by atoms with E-state index in [1.807, 2.05) is 0 Å². The first-order chi connectivity index (χ1) is 19.7.